The number of carbonyl (C=O) groups excluding carboxylic acids is 2. The van der Waals surface area contributed by atoms with Crippen molar-refractivity contribution in [1.29, 1.82) is 0 Å². The highest BCUT2D eigenvalue weighted by atomic mass is 19.3. The number of halogens is 2. The Hall–Kier alpha value is -3.11. The largest absolute Gasteiger partial charge is 0.458 e. The first-order chi connectivity index (χ1) is 14.0. The summed E-state index contributed by atoms with van der Waals surface area (Å²) in [6.07, 6.45) is -2.36. The average molecular weight is 442 g/mol. The average Bonchev–Trinajstić information content (AvgIpc) is 2.55. The molecule has 0 spiro atoms. The number of imide groups is 1. The predicted molar refractivity (Wildman–Crippen MR) is 111 cm³/mol. The summed E-state index contributed by atoms with van der Waals surface area (Å²) in [4.78, 5) is 29.6. The van der Waals surface area contributed by atoms with Gasteiger partial charge in [-0.1, -0.05) is 6.07 Å². The highest BCUT2D eigenvalue weighted by Gasteiger charge is 2.48. The van der Waals surface area contributed by atoms with Crippen molar-refractivity contribution in [1.82, 2.24) is 4.90 Å². The zero-order valence-electron chi connectivity index (χ0n) is 18.4. The van der Waals surface area contributed by atoms with Gasteiger partial charge in [-0.3, -0.25) is 0 Å². The van der Waals surface area contributed by atoms with Crippen LogP contribution in [0.1, 0.15) is 53.1 Å². The van der Waals surface area contributed by atoms with Crippen LogP contribution in [-0.4, -0.2) is 46.8 Å². The van der Waals surface area contributed by atoms with Crippen molar-refractivity contribution < 1.29 is 32.6 Å². The van der Waals surface area contributed by atoms with E-state index in [1.54, 1.807) is 41.5 Å². The predicted octanol–water partition coefficient (Wildman–Crippen LogP) is 4.09. The standard InChI is InChI=1S/C20H28F2N4O5/c1-18(2,3)30-16(27)26(17(28)31-19(4,5)6)15-25-14(20(21,22)10-29-15)11-7-8-12(23)13(24)9-11/h7-9,14H,10,23-24H2,1-6H3. The molecule has 0 aromatic heterocycles. The summed E-state index contributed by atoms with van der Waals surface area (Å²) in [6, 6.07) is 1.50. The lowest BCUT2D eigenvalue weighted by molar-refractivity contribution is -0.0840. The number of ether oxygens (including phenoxy) is 3. The number of rotatable bonds is 1. The first-order valence-corrected chi connectivity index (χ1v) is 9.49. The van der Waals surface area contributed by atoms with Crippen LogP contribution in [0.2, 0.25) is 0 Å². The Kier molecular flexibility index (Phi) is 6.39. The second-order valence-electron chi connectivity index (χ2n) is 9.05. The third-order valence-electron chi connectivity index (χ3n) is 3.80. The summed E-state index contributed by atoms with van der Waals surface area (Å²) in [5, 5.41) is 0. The first-order valence-electron chi connectivity index (χ1n) is 9.49. The van der Waals surface area contributed by atoms with Gasteiger partial charge in [-0.2, -0.15) is 0 Å². The van der Waals surface area contributed by atoms with Crippen LogP contribution in [0.25, 0.3) is 0 Å². The van der Waals surface area contributed by atoms with Gasteiger partial charge in [-0.05, 0) is 59.2 Å². The van der Waals surface area contributed by atoms with E-state index in [2.05, 4.69) is 4.99 Å². The molecule has 1 atom stereocenters. The molecule has 9 nitrogen and oxygen atoms in total. The van der Waals surface area contributed by atoms with Gasteiger partial charge in [0.05, 0.1) is 11.4 Å². The molecule has 0 bridgehead atoms. The Labute approximate surface area is 179 Å². The number of carbonyl (C=O) groups is 2. The molecule has 172 valence electrons. The SMILES string of the molecule is CC(C)(C)OC(=O)N(C(=O)OC(C)(C)C)C1=NC(c2ccc(N)c(N)c2)C(F)(F)CO1. The van der Waals surface area contributed by atoms with Crippen LogP contribution in [0, 0.1) is 0 Å². The number of amidine groups is 1. The molecular weight excluding hydrogens is 414 g/mol. The van der Waals surface area contributed by atoms with Crippen LogP contribution in [0.3, 0.4) is 0 Å². The van der Waals surface area contributed by atoms with Crippen molar-refractivity contribution in [2.45, 2.75) is 64.7 Å². The molecule has 0 fully saturated rings. The van der Waals surface area contributed by atoms with Crippen molar-refractivity contribution in [3.8, 4) is 0 Å². The van der Waals surface area contributed by atoms with Crippen molar-refractivity contribution in [2.75, 3.05) is 18.1 Å². The number of aliphatic imine (C=N–C) groups is 1. The second-order valence-corrected chi connectivity index (χ2v) is 9.05. The Balaban J connectivity index is 2.52. The molecule has 0 aliphatic carbocycles. The Bertz CT molecular complexity index is 863. The minimum Gasteiger partial charge on any atom is -0.458 e. The van der Waals surface area contributed by atoms with Gasteiger partial charge in [-0.15, -0.1) is 4.90 Å². The Morgan fingerprint density at radius 1 is 1.06 bits per heavy atom. The molecule has 31 heavy (non-hydrogen) atoms. The van der Waals surface area contributed by atoms with Gasteiger partial charge in [0.15, 0.2) is 6.61 Å². The number of benzene rings is 1. The summed E-state index contributed by atoms with van der Waals surface area (Å²) >= 11 is 0. The number of alkyl halides is 2. The quantitative estimate of drug-likeness (QED) is 0.627. The zero-order chi connectivity index (χ0) is 23.8. The normalized spacial score (nSPS) is 18.5. The third-order valence-corrected chi connectivity index (χ3v) is 3.80. The molecule has 2 rings (SSSR count). The van der Waals surface area contributed by atoms with Gasteiger partial charge in [0.2, 0.25) is 0 Å². The maximum Gasteiger partial charge on any atom is 0.428 e. The van der Waals surface area contributed by atoms with E-state index in [0.29, 0.717) is 4.90 Å². The number of nitrogen functional groups attached to an aromatic ring is 2. The number of anilines is 2. The fraction of sp³-hybridized carbons (Fsp3) is 0.550. The van der Waals surface area contributed by atoms with Crippen LogP contribution >= 0.6 is 0 Å². The molecule has 1 aromatic rings. The smallest absolute Gasteiger partial charge is 0.428 e. The number of hydrogen-bond acceptors (Lipinski definition) is 8. The summed E-state index contributed by atoms with van der Waals surface area (Å²) in [5.74, 6) is -3.44. The molecule has 2 amide bonds. The highest BCUT2D eigenvalue weighted by molar-refractivity contribution is 6.06. The van der Waals surface area contributed by atoms with Gasteiger partial charge < -0.3 is 25.7 Å². The van der Waals surface area contributed by atoms with Crippen LogP contribution in [0.4, 0.5) is 29.7 Å². The third kappa shape index (κ3) is 6.19. The molecule has 0 saturated carbocycles. The zero-order valence-corrected chi connectivity index (χ0v) is 18.4. The summed E-state index contributed by atoms with van der Waals surface area (Å²) in [5.41, 5.74) is 9.76. The van der Waals surface area contributed by atoms with E-state index in [4.69, 9.17) is 25.7 Å². The number of nitrogens with zero attached hydrogens (tertiary/aromatic N) is 2. The van der Waals surface area contributed by atoms with E-state index in [0.717, 1.165) is 0 Å². The lowest BCUT2D eigenvalue weighted by atomic mass is 10.00. The molecule has 1 aliphatic heterocycles. The van der Waals surface area contributed by atoms with Crippen molar-refractivity contribution in [2.24, 2.45) is 4.99 Å². The maximum atomic E-state index is 14.6. The van der Waals surface area contributed by atoms with Gasteiger partial charge in [-0.25, -0.2) is 23.4 Å². The lowest BCUT2D eigenvalue weighted by Gasteiger charge is -2.34. The molecule has 1 heterocycles. The second kappa shape index (κ2) is 8.20. The van der Waals surface area contributed by atoms with E-state index < -0.39 is 48.0 Å². The van der Waals surface area contributed by atoms with E-state index >= 15 is 0 Å². The summed E-state index contributed by atoms with van der Waals surface area (Å²) in [7, 11) is 0. The number of nitrogens with two attached hydrogens (primary N) is 2. The van der Waals surface area contributed by atoms with Gasteiger partial charge in [0, 0.05) is 0 Å². The van der Waals surface area contributed by atoms with E-state index in [9.17, 15) is 18.4 Å². The monoisotopic (exact) mass is 442 g/mol. The Morgan fingerprint density at radius 3 is 2.03 bits per heavy atom. The molecule has 1 aromatic carbocycles. The first kappa shape index (κ1) is 24.2. The molecule has 1 aliphatic rings. The highest BCUT2D eigenvalue weighted by Crippen LogP contribution is 2.39. The maximum absolute atomic E-state index is 14.6. The molecule has 4 N–H and O–H groups in total. The molecule has 11 heteroatoms. The lowest BCUT2D eigenvalue weighted by Crippen LogP contribution is -2.51. The summed E-state index contributed by atoms with van der Waals surface area (Å²) < 4.78 is 44.7. The Morgan fingerprint density at radius 2 is 1.58 bits per heavy atom. The van der Waals surface area contributed by atoms with E-state index in [-0.39, 0.29) is 16.9 Å². The van der Waals surface area contributed by atoms with Gasteiger partial charge >= 0.3 is 24.1 Å². The van der Waals surface area contributed by atoms with E-state index in [1.807, 2.05) is 0 Å². The van der Waals surface area contributed by atoms with Crippen molar-refractivity contribution in [3.05, 3.63) is 23.8 Å². The molecule has 1 unspecified atom stereocenters. The van der Waals surface area contributed by atoms with Gasteiger partial charge in [0.1, 0.15) is 17.2 Å². The number of hydrogen-bond donors (Lipinski definition) is 2. The molecule has 0 radical (unpaired) electrons. The van der Waals surface area contributed by atoms with Crippen molar-refractivity contribution in [3.63, 3.8) is 0 Å². The van der Waals surface area contributed by atoms with Gasteiger partial charge in [0.25, 0.3) is 0 Å². The van der Waals surface area contributed by atoms with Crippen LogP contribution in [-0.2, 0) is 14.2 Å². The minimum absolute atomic E-state index is 0.0332. The summed E-state index contributed by atoms with van der Waals surface area (Å²) in [6.45, 7) is 8.34. The molecular formula is C20H28F2N4O5. The van der Waals surface area contributed by atoms with Crippen molar-refractivity contribution >= 4 is 29.6 Å². The minimum atomic E-state index is -3.44. The van der Waals surface area contributed by atoms with Crippen LogP contribution in [0.15, 0.2) is 23.2 Å². The fourth-order valence-electron chi connectivity index (χ4n) is 2.53. The van der Waals surface area contributed by atoms with Crippen LogP contribution in [0.5, 0.6) is 0 Å². The molecule has 0 saturated heterocycles. The van der Waals surface area contributed by atoms with Crippen LogP contribution < -0.4 is 11.5 Å². The topological polar surface area (TPSA) is 129 Å². The van der Waals surface area contributed by atoms with E-state index in [1.165, 1.54) is 18.2 Å². The number of amides is 2. The fourth-order valence-corrected chi connectivity index (χ4v) is 2.53.